The summed E-state index contributed by atoms with van der Waals surface area (Å²) in [6, 6.07) is 16.5. The van der Waals surface area contributed by atoms with Crippen molar-refractivity contribution in [2.75, 3.05) is 18.4 Å². The summed E-state index contributed by atoms with van der Waals surface area (Å²) in [6.07, 6.45) is 1.16. The average molecular weight is 324 g/mol. The van der Waals surface area contributed by atoms with Crippen LogP contribution < -0.4 is 5.32 Å². The second-order valence-electron chi connectivity index (χ2n) is 5.75. The van der Waals surface area contributed by atoms with Crippen molar-refractivity contribution in [2.24, 2.45) is 10.2 Å². The highest BCUT2D eigenvalue weighted by molar-refractivity contribution is 5.89. The van der Waals surface area contributed by atoms with E-state index in [2.05, 4.69) is 15.5 Å². The Kier molecular flexibility index (Phi) is 5.18. The van der Waals surface area contributed by atoms with E-state index < -0.39 is 6.10 Å². The number of β-amino-alcohol motifs (C(OH)–C–C–N with tert-alkyl or cyclic N) is 1. The summed E-state index contributed by atoms with van der Waals surface area (Å²) < 4.78 is 0. The van der Waals surface area contributed by atoms with E-state index in [0.717, 1.165) is 18.5 Å². The quantitative estimate of drug-likeness (QED) is 0.834. The van der Waals surface area contributed by atoms with E-state index in [1.165, 1.54) is 0 Å². The molecule has 2 N–H and O–H groups in total. The minimum atomic E-state index is -0.426. The number of hydrogen-bond donors (Lipinski definition) is 2. The van der Waals surface area contributed by atoms with Crippen LogP contribution >= 0.6 is 0 Å². The Hall–Kier alpha value is -2.73. The van der Waals surface area contributed by atoms with Crippen LogP contribution in [0.5, 0.6) is 0 Å². The summed E-state index contributed by atoms with van der Waals surface area (Å²) in [6.45, 7) is 1.06. The van der Waals surface area contributed by atoms with Crippen LogP contribution in [0.25, 0.3) is 0 Å². The SMILES string of the molecule is O=C(Nc1ccc(N=Nc2ccccc2)cc1)N1CCCC(O)C1. The van der Waals surface area contributed by atoms with Gasteiger partial charge in [0.25, 0.3) is 0 Å². The number of amides is 2. The zero-order valence-corrected chi connectivity index (χ0v) is 13.3. The molecule has 6 heteroatoms. The van der Waals surface area contributed by atoms with Crippen molar-refractivity contribution in [1.82, 2.24) is 4.90 Å². The number of likely N-dealkylation sites (tertiary alicyclic amines) is 1. The molecule has 0 spiro atoms. The molecule has 0 radical (unpaired) electrons. The van der Waals surface area contributed by atoms with Gasteiger partial charge in [0, 0.05) is 18.8 Å². The molecule has 1 saturated heterocycles. The monoisotopic (exact) mass is 324 g/mol. The van der Waals surface area contributed by atoms with Crippen molar-refractivity contribution in [3.05, 3.63) is 54.6 Å². The number of hydrogen-bond acceptors (Lipinski definition) is 4. The minimum Gasteiger partial charge on any atom is -0.391 e. The normalized spacial score (nSPS) is 17.9. The molecule has 2 aromatic rings. The molecule has 1 heterocycles. The van der Waals surface area contributed by atoms with Crippen LogP contribution in [0.1, 0.15) is 12.8 Å². The topological polar surface area (TPSA) is 77.3 Å². The molecule has 1 unspecified atom stereocenters. The van der Waals surface area contributed by atoms with Crippen LogP contribution in [0.15, 0.2) is 64.8 Å². The van der Waals surface area contributed by atoms with Crippen LogP contribution in [0.3, 0.4) is 0 Å². The molecule has 0 bridgehead atoms. The van der Waals surface area contributed by atoms with Crippen LogP contribution in [0, 0.1) is 0 Å². The zero-order valence-electron chi connectivity index (χ0n) is 13.3. The lowest BCUT2D eigenvalue weighted by atomic mass is 10.1. The minimum absolute atomic E-state index is 0.188. The molecule has 1 atom stereocenters. The summed E-state index contributed by atoms with van der Waals surface area (Å²) in [5, 5.41) is 20.8. The predicted molar refractivity (Wildman–Crippen MR) is 92.9 cm³/mol. The van der Waals surface area contributed by atoms with E-state index in [-0.39, 0.29) is 6.03 Å². The number of nitrogens with zero attached hydrogens (tertiary/aromatic N) is 3. The lowest BCUT2D eigenvalue weighted by Crippen LogP contribution is -2.44. The Morgan fingerprint density at radius 3 is 2.38 bits per heavy atom. The number of rotatable bonds is 3. The third-order valence-electron chi connectivity index (χ3n) is 3.84. The number of benzene rings is 2. The second kappa shape index (κ2) is 7.70. The molecule has 3 rings (SSSR count). The van der Waals surface area contributed by atoms with Gasteiger partial charge in [-0.3, -0.25) is 0 Å². The average Bonchev–Trinajstić information content (AvgIpc) is 2.62. The fourth-order valence-corrected chi connectivity index (χ4v) is 2.56. The van der Waals surface area contributed by atoms with E-state index in [9.17, 15) is 9.90 Å². The van der Waals surface area contributed by atoms with Gasteiger partial charge in [-0.2, -0.15) is 10.2 Å². The molecular formula is C18H20N4O2. The molecule has 2 aromatic carbocycles. The Bertz CT molecular complexity index is 701. The van der Waals surface area contributed by atoms with Crippen molar-refractivity contribution >= 4 is 23.1 Å². The molecule has 0 aromatic heterocycles. The molecule has 1 fully saturated rings. The highest BCUT2D eigenvalue weighted by atomic mass is 16.3. The fraction of sp³-hybridized carbons (Fsp3) is 0.278. The maximum absolute atomic E-state index is 12.2. The van der Waals surface area contributed by atoms with Crippen molar-refractivity contribution in [1.29, 1.82) is 0 Å². The van der Waals surface area contributed by atoms with E-state index >= 15 is 0 Å². The third kappa shape index (κ3) is 4.39. The lowest BCUT2D eigenvalue weighted by Gasteiger charge is -2.30. The van der Waals surface area contributed by atoms with Gasteiger partial charge in [-0.05, 0) is 49.2 Å². The summed E-state index contributed by atoms with van der Waals surface area (Å²) in [7, 11) is 0. The van der Waals surface area contributed by atoms with Gasteiger partial charge in [-0.1, -0.05) is 18.2 Å². The first kappa shape index (κ1) is 16.1. The third-order valence-corrected chi connectivity index (χ3v) is 3.84. The van der Waals surface area contributed by atoms with Crippen LogP contribution in [0.2, 0.25) is 0 Å². The Morgan fingerprint density at radius 1 is 1.04 bits per heavy atom. The molecule has 0 aliphatic carbocycles. The van der Waals surface area contributed by atoms with Crippen molar-refractivity contribution in [3.8, 4) is 0 Å². The smallest absolute Gasteiger partial charge is 0.321 e. The lowest BCUT2D eigenvalue weighted by molar-refractivity contribution is 0.0883. The number of azo groups is 1. The fourth-order valence-electron chi connectivity index (χ4n) is 2.56. The summed E-state index contributed by atoms with van der Waals surface area (Å²) >= 11 is 0. The maximum Gasteiger partial charge on any atom is 0.321 e. The maximum atomic E-state index is 12.2. The van der Waals surface area contributed by atoms with Gasteiger partial charge in [0.05, 0.1) is 17.5 Å². The molecule has 1 aliphatic heterocycles. The molecule has 6 nitrogen and oxygen atoms in total. The Morgan fingerprint density at radius 2 is 1.71 bits per heavy atom. The van der Waals surface area contributed by atoms with E-state index in [0.29, 0.717) is 24.5 Å². The first-order valence-electron chi connectivity index (χ1n) is 8.01. The number of aliphatic hydroxyl groups is 1. The first-order valence-corrected chi connectivity index (χ1v) is 8.01. The number of carbonyl (C=O) groups excluding carboxylic acids is 1. The van der Waals surface area contributed by atoms with E-state index in [1.54, 1.807) is 29.2 Å². The molecular weight excluding hydrogens is 304 g/mol. The summed E-state index contributed by atoms with van der Waals surface area (Å²) in [5.41, 5.74) is 2.20. The second-order valence-corrected chi connectivity index (χ2v) is 5.75. The van der Waals surface area contributed by atoms with Crippen LogP contribution in [0.4, 0.5) is 21.9 Å². The number of anilines is 1. The van der Waals surface area contributed by atoms with Gasteiger partial charge in [0.2, 0.25) is 0 Å². The summed E-state index contributed by atoms with van der Waals surface area (Å²) in [5.74, 6) is 0. The van der Waals surface area contributed by atoms with Gasteiger partial charge in [0.15, 0.2) is 0 Å². The summed E-state index contributed by atoms with van der Waals surface area (Å²) in [4.78, 5) is 13.8. The standard InChI is InChI=1S/C18H20N4O2/c23-17-7-4-12-22(13-17)18(24)19-14-8-10-16(11-9-14)21-20-15-5-2-1-3-6-15/h1-3,5-6,8-11,17,23H,4,7,12-13H2,(H,19,24). The van der Waals surface area contributed by atoms with Crippen molar-refractivity contribution in [2.45, 2.75) is 18.9 Å². The molecule has 2 amide bonds. The molecule has 124 valence electrons. The molecule has 0 saturated carbocycles. The van der Waals surface area contributed by atoms with Gasteiger partial charge >= 0.3 is 6.03 Å². The van der Waals surface area contributed by atoms with Crippen molar-refractivity contribution in [3.63, 3.8) is 0 Å². The number of aliphatic hydroxyl groups excluding tert-OH is 1. The number of piperidine rings is 1. The van der Waals surface area contributed by atoms with Crippen molar-refractivity contribution < 1.29 is 9.90 Å². The van der Waals surface area contributed by atoms with Gasteiger partial charge in [0.1, 0.15) is 0 Å². The van der Waals surface area contributed by atoms with Crippen LogP contribution in [-0.2, 0) is 0 Å². The number of carbonyl (C=O) groups is 1. The molecule has 24 heavy (non-hydrogen) atoms. The Balaban J connectivity index is 1.58. The van der Waals surface area contributed by atoms with Gasteiger partial charge < -0.3 is 15.3 Å². The van der Waals surface area contributed by atoms with E-state index in [1.807, 2.05) is 30.3 Å². The number of nitrogens with one attached hydrogen (secondary N) is 1. The molecule has 1 aliphatic rings. The predicted octanol–water partition coefficient (Wildman–Crippen LogP) is 4.09. The first-order chi connectivity index (χ1) is 11.7. The number of urea groups is 1. The van der Waals surface area contributed by atoms with Gasteiger partial charge in [-0.25, -0.2) is 4.79 Å². The zero-order chi connectivity index (χ0) is 16.8. The highest BCUT2D eigenvalue weighted by Gasteiger charge is 2.21. The van der Waals surface area contributed by atoms with Crippen LogP contribution in [-0.4, -0.2) is 35.2 Å². The highest BCUT2D eigenvalue weighted by Crippen LogP contribution is 2.20. The van der Waals surface area contributed by atoms with E-state index in [4.69, 9.17) is 0 Å². The van der Waals surface area contributed by atoms with Gasteiger partial charge in [-0.15, -0.1) is 0 Å². The Labute approximate surface area is 140 Å². The largest absolute Gasteiger partial charge is 0.391 e.